The van der Waals surface area contributed by atoms with E-state index >= 15 is 0 Å². The van der Waals surface area contributed by atoms with Gasteiger partial charge in [-0.05, 0) is 43.5 Å². The number of rotatable bonds is 8. The number of hydrogen-bond acceptors (Lipinski definition) is 4. The number of piperidine rings is 1. The van der Waals surface area contributed by atoms with Gasteiger partial charge in [0.15, 0.2) is 0 Å². The van der Waals surface area contributed by atoms with Crippen LogP contribution in [0.4, 0.5) is 0 Å². The van der Waals surface area contributed by atoms with Gasteiger partial charge in [0, 0.05) is 32.1 Å². The molecule has 0 bridgehead atoms. The van der Waals surface area contributed by atoms with Crippen LogP contribution in [0, 0.1) is 0 Å². The lowest BCUT2D eigenvalue weighted by atomic mass is 10.1. The fourth-order valence-electron chi connectivity index (χ4n) is 3.07. The highest BCUT2D eigenvalue weighted by Gasteiger charge is 2.21. The van der Waals surface area contributed by atoms with Gasteiger partial charge in [0.1, 0.15) is 0 Å². The van der Waals surface area contributed by atoms with Crippen LogP contribution in [0.2, 0.25) is 0 Å². The molecule has 1 saturated heterocycles. The van der Waals surface area contributed by atoms with Gasteiger partial charge in [-0.3, -0.25) is 4.79 Å². The number of nitrogens with zero attached hydrogens (tertiary/aromatic N) is 1. The number of benzene rings is 1. The smallest absolute Gasteiger partial charge is 0.243 e. The zero-order valence-corrected chi connectivity index (χ0v) is 15.9. The highest BCUT2D eigenvalue weighted by molar-refractivity contribution is 7.89. The first kappa shape index (κ1) is 19.9. The van der Waals surface area contributed by atoms with E-state index in [4.69, 9.17) is 0 Å². The topological polar surface area (TPSA) is 78.5 Å². The molecule has 1 amide bonds. The Morgan fingerprint density at radius 2 is 1.92 bits per heavy atom. The SMILES string of the molecule is CCN(CC)S(=O)(=O)c1ccc(CCC(=O)N[C@H]2CCCNC2)cc1. The lowest BCUT2D eigenvalue weighted by molar-refractivity contribution is -0.121. The summed E-state index contributed by atoms with van der Waals surface area (Å²) in [6.07, 6.45) is 3.14. The van der Waals surface area contributed by atoms with E-state index in [1.54, 1.807) is 24.3 Å². The van der Waals surface area contributed by atoms with Crippen molar-refractivity contribution in [2.45, 2.75) is 50.5 Å². The van der Waals surface area contributed by atoms with E-state index in [-0.39, 0.29) is 11.9 Å². The van der Waals surface area contributed by atoms with Crippen LogP contribution in [0.3, 0.4) is 0 Å². The molecule has 2 rings (SSSR count). The largest absolute Gasteiger partial charge is 0.352 e. The number of hydrogen-bond donors (Lipinski definition) is 2. The summed E-state index contributed by atoms with van der Waals surface area (Å²) < 4.78 is 26.3. The van der Waals surface area contributed by atoms with Crippen molar-refractivity contribution in [1.82, 2.24) is 14.9 Å². The van der Waals surface area contributed by atoms with E-state index in [0.29, 0.717) is 30.8 Å². The first-order chi connectivity index (χ1) is 12.0. The van der Waals surface area contributed by atoms with E-state index in [1.807, 2.05) is 13.8 Å². The van der Waals surface area contributed by atoms with Crippen LogP contribution in [-0.2, 0) is 21.2 Å². The molecule has 0 spiro atoms. The van der Waals surface area contributed by atoms with Crippen molar-refractivity contribution < 1.29 is 13.2 Å². The van der Waals surface area contributed by atoms with E-state index in [0.717, 1.165) is 31.5 Å². The normalized spacial score (nSPS) is 18.3. The Labute approximate surface area is 151 Å². The van der Waals surface area contributed by atoms with Crippen LogP contribution in [0.15, 0.2) is 29.2 Å². The molecule has 1 heterocycles. The lowest BCUT2D eigenvalue weighted by Crippen LogP contribution is -2.45. The van der Waals surface area contributed by atoms with Crippen molar-refractivity contribution in [3.05, 3.63) is 29.8 Å². The minimum absolute atomic E-state index is 0.0496. The molecule has 1 fully saturated rings. The Morgan fingerprint density at radius 3 is 2.48 bits per heavy atom. The fraction of sp³-hybridized carbons (Fsp3) is 0.611. The predicted octanol–water partition coefficient (Wildman–Crippen LogP) is 1.52. The number of nitrogens with one attached hydrogen (secondary N) is 2. The molecular weight excluding hydrogens is 338 g/mol. The monoisotopic (exact) mass is 367 g/mol. The van der Waals surface area contributed by atoms with Crippen LogP contribution in [0.25, 0.3) is 0 Å². The summed E-state index contributed by atoms with van der Waals surface area (Å²) in [6, 6.07) is 7.08. The van der Waals surface area contributed by atoms with Gasteiger partial charge in [0.25, 0.3) is 0 Å². The molecule has 1 aliphatic heterocycles. The standard InChI is InChI=1S/C18H29N3O3S/c1-3-21(4-2)25(23,24)17-10-7-15(8-11-17)9-12-18(22)20-16-6-5-13-19-14-16/h7-8,10-11,16,19H,3-6,9,12-14H2,1-2H3,(H,20,22)/t16-/m0/s1. The maximum Gasteiger partial charge on any atom is 0.243 e. The number of carbonyl (C=O) groups is 1. The minimum Gasteiger partial charge on any atom is -0.352 e. The quantitative estimate of drug-likeness (QED) is 0.730. The Hall–Kier alpha value is -1.44. The van der Waals surface area contributed by atoms with E-state index in [9.17, 15) is 13.2 Å². The van der Waals surface area contributed by atoms with Gasteiger partial charge in [0.2, 0.25) is 15.9 Å². The molecule has 0 aromatic heterocycles. The second-order valence-corrected chi connectivity index (χ2v) is 8.28. The van der Waals surface area contributed by atoms with Crippen LogP contribution in [-0.4, -0.2) is 50.9 Å². The van der Waals surface area contributed by atoms with Gasteiger partial charge in [-0.2, -0.15) is 4.31 Å². The summed E-state index contributed by atoms with van der Waals surface area (Å²) in [5.41, 5.74) is 0.968. The van der Waals surface area contributed by atoms with Crippen molar-refractivity contribution in [3.8, 4) is 0 Å². The molecule has 0 aliphatic carbocycles. The van der Waals surface area contributed by atoms with Gasteiger partial charge in [-0.15, -0.1) is 0 Å². The summed E-state index contributed by atoms with van der Waals surface area (Å²) in [5, 5.41) is 6.33. The molecule has 0 saturated carbocycles. The third-order valence-corrected chi connectivity index (χ3v) is 6.63. The molecule has 1 aliphatic rings. The van der Waals surface area contributed by atoms with Gasteiger partial charge in [0.05, 0.1) is 4.90 Å². The Balaban J connectivity index is 1.88. The first-order valence-electron chi connectivity index (χ1n) is 9.06. The summed E-state index contributed by atoms with van der Waals surface area (Å²) in [5.74, 6) is 0.0496. The van der Waals surface area contributed by atoms with Crippen molar-refractivity contribution in [2.24, 2.45) is 0 Å². The number of sulfonamides is 1. The van der Waals surface area contributed by atoms with Crippen LogP contribution < -0.4 is 10.6 Å². The van der Waals surface area contributed by atoms with Crippen LogP contribution in [0.1, 0.15) is 38.7 Å². The predicted molar refractivity (Wildman–Crippen MR) is 98.9 cm³/mol. The number of aryl methyl sites for hydroxylation is 1. The molecule has 0 unspecified atom stereocenters. The van der Waals surface area contributed by atoms with Gasteiger partial charge < -0.3 is 10.6 Å². The minimum atomic E-state index is -3.42. The third-order valence-electron chi connectivity index (χ3n) is 4.57. The second kappa shape index (κ2) is 9.31. The Bertz CT molecular complexity index is 649. The van der Waals surface area contributed by atoms with Crippen molar-refractivity contribution in [3.63, 3.8) is 0 Å². The van der Waals surface area contributed by atoms with E-state index in [1.165, 1.54) is 4.31 Å². The molecule has 140 valence electrons. The molecule has 2 N–H and O–H groups in total. The highest BCUT2D eigenvalue weighted by atomic mass is 32.2. The number of carbonyl (C=O) groups excluding carboxylic acids is 1. The molecule has 1 atom stereocenters. The Morgan fingerprint density at radius 1 is 1.24 bits per heavy atom. The fourth-order valence-corrected chi connectivity index (χ4v) is 4.53. The Kier molecular flexibility index (Phi) is 7.40. The number of amides is 1. The third kappa shape index (κ3) is 5.52. The summed E-state index contributed by atoms with van der Waals surface area (Å²) in [4.78, 5) is 12.3. The molecule has 25 heavy (non-hydrogen) atoms. The average Bonchev–Trinajstić information content (AvgIpc) is 2.62. The zero-order chi connectivity index (χ0) is 18.3. The van der Waals surface area contributed by atoms with Gasteiger partial charge in [-0.1, -0.05) is 26.0 Å². The van der Waals surface area contributed by atoms with Crippen molar-refractivity contribution >= 4 is 15.9 Å². The average molecular weight is 368 g/mol. The van der Waals surface area contributed by atoms with E-state index in [2.05, 4.69) is 10.6 Å². The van der Waals surface area contributed by atoms with Crippen molar-refractivity contribution in [1.29, 1.82) is 0 Å². The second-order valence-electron chi connectivity index (χ2n) is 6.34. The maximum atomic E-state index is 12.4. The van der Waals surface area contributed by atoms with Crippen LogP contribution >= 0.6 is 0 Å². The molecule has 1 aromatic carbocycles. The summed E-state index contributed by atoms with van der Waals surface area (Å²) >= 11 is 0. The van der Waals surface area contributed by atoms with Crippen LogP contribution in [0.5, 0.6) is 0 Å². The molecule has 0 radical (unpaired) electrons. The lowest BCUT2D eigenvalue weighted by Gasteiger charge is -2.23. The maximum absolute atomic E-state index is 12.4. The van der Waals surface area contributed by atoms with Gasteiger partial charge in [-0.25, -0.2) is 8.42 Å². The zero-order valence-electron chi connectivity index (χ0n) is 15.1. The summed E-state index contributed by atoms with van der Waals surface area (Å²) in [6.45, 7) is 6.43. The van der Waals surface area contributed by atoms with Gasteiger partial charge >= 0.3 is 0 Å². The first-order valence-corrected chi connectivity index (χ1v) is 10.5. The summed E-state index contributed by atoms with van der Waals surface area (Å²) in [7, 11) is -3.42. The molecule has 7 heteroatoms. The molecule has 6 nitrogen and oxygen atoms in total. The van der Waals surface area contributed by atoms with Crippen molar-refractivity contribution in [2.75, 3.05) is 26.2 Å². The van der Waals surface area contributed by atoms with E-state index < -0.39 is 10.0 Å². The molecular formula is C18H29N3O3S. The molecule has 1 aromatic rings. The highest BCUT2D eigenvalue weighted by Crippen LogP contribution is 2.17.